The molecule has 2 N–H and O–H groups in total. The monoisotopic (exact) mass is 484 g/mol. The van der Waals surface area contributed by atoms with E-state index in [9.17, 15) is 13.2 Å². The molecule has 0 aliphatic rings. The zero-order chi connectivity index (χ0) is 24.0. The number of anilines is 2. The van der Waals surface area contributed by atoms with Crippen LogP contribution in [-0.2, 0) is 20.6 Å². The predicted octanol–water partition coefficient (Wildman–Crippen LogP) is 5.29. The molecule has 0 bridgehead atoms. The van der Waals surface area contributed by atoms with Crippen LogP contribution in [-0.4, -0.2) is 27.2 Å². The topological polar surface area (TPSA) is 84.5 Å². The van der Waals surface area contributed by atoms with Gasteiger partial charge in [-0.3, -0.25) is 9.52 Å². The van der Waals surface area contributed by atoms with Gasteiger partial charge in [-0.2, -0.15) is 0 Å². The molecular weight excluding hydrogens is 456 g/mol. The number of methoxy groups -OCH3 is 1. The molecule has 3 aromatic carbocycles. The lowest BCUT2D eigenvalue weighted by atomic mass is 10.1. The fraction of sp³-hybridized carbons (Fsp3) is 0.240. The summed E-state index contributed by atoms with van der Waals surface area (Å²) in [6.45, 7) is 5.99. The summed E-state index contributed by atoms with van der Waals surface area (Å²) < 4.78 is 33.4. The highest BCUT2D eigenvalue weighted by Crippen LogP contribution is 2.28. The Hall–Kier alpha value is -2.97. The summed E-state index contributed by atoms with van der Waals surface area (Å²) in [7, 11) is -2.32. The summed E-state index contributed by atoms with van der Waals surface area (Å²) in [6.07, 6.45) is 0. The Kier molecular flexibility index (Phi) is 8.05. The third-order valence-electron chi connectivity index (χ3n) is 4.83. The maximum Gasteiger partial charge on any atom is 0.262 e. The highest BCUT2D eigenvalue weighted by molar-refractivity contribution is 7.99. The molecule has 0 heterocycles. The lowest BCUT2D eigenvalue weighted by Gasteiger charge is -2.13. The molecule has 0 aliphatic carbocycles. The average molecular weight is 485 g/mol. The summed E-state index contributed by atoms with van der Waals surface area (Å²) in [6, 6.07) is 17.7. The van der Waals surface area contributed by atoms with Gasteiger partial charge in [0.05, 0.1) is 23.4 Å². The van der Waals surface area contributed by atoms with E-state index in [-0.39, 0.29) is 10.8 Å². The van der Waals surface area contributed by atoms with Crippen molar-refractivity contribution in [3.05, 3.63) is 82.9 Å². The number of aryl methyl sites for hydroxylation is 3. The van der Waals surface area contributed by atoms with Gasteiger partial charge in [0.1, 0.15) is 5.75 Å². The van der Waals surface area contributed by atoms with Crippen LogP contribution in [0.5, 0.6) is 5.75 Å². The van der Waals surface area contributed by atoms with Crippen LogP contribution < -0.4 is 14.8 Å². The first kappa shape index (κ1) is 24.7. The molecule has 0 radical (unpaired) electrons. The number of nitrogens with one attached hydrogen (secondary N) is 2. The van der Waals surface area contributed by atoms with Crippen LogP contribution in [0.3, 0.4) is 0 Å². The molecular formula is C25H28N2O4S2. The number of amides is 1. The number of thioether (sulfide) groups is 1. The van der Waals surface area contributed by atoms with Gasteiger partial charge in [-0.15, -0.1) is 11.8 Å². The Bertz CT molecular complexity index is 1220. The minimum absolute atomic E-state index is 0.0910. The van der Waals surface area contributed by atoms with Crippen molar-refractivity contribution in [3.63, 3.8) is 0 Å². The third kappa shape index (κ3) is 7.00. The van der Waals surface area contributed by atoms with Gasteiger partial charge in [0.2, 0.25) is 5.91 Å². The summed E-state index contributed by atoms with van der Waals surface area (Å²) in [5.41, 5.74) is 5.43. The van der Waals surface area contributed by atoms with Gasteiger partial charge in [0.25, 0.3) is 10.0 Å². The van der Waals surface area contributed by atoms with Crippen LogP contribution in [0.2, 0.25) is 0 Å². The Balaban J connectivity index is 1.58. The standard InChI is InChI=1S/C25H28N2O4S2/c1-17-5-10-24(31-4)23(14-17)27-33(29,30)22-8-6-21(7-9-22)26-25(28)16-32-15-20-12-18(2)11-19(3)13-20/h5-14,27H,15-16H2,1-4H3,(H,26,28). The van der Waals surface area contributed by atoms with E-state index in [1.54, 1.807) is 24.3 Å². The van der Waals surface area contributed by atoms with E-state index in [2.05, 4.69) is 42.1 Å². The summed E-state index contributed by atoms with van der Waals surface area (Å²) in [5.74, 6) is 1.36. The molecule has 0 aliphatic heterocycles. The number of hydrogen-bond donors (Lipinski definition) is 2. The van der Waals surface area contributed by atoms with Crippen molar-refractivity contribution in [1.29, 1.82) is 0 Å². The molecule has 1 amide bonds. The smallest absolute Gasteiger partial charge is 0.262 e. The van der Waals surface area contributed by atoms with Crippen molar-refractivity contribution in [2.45, 2.75) is 31.4 Å². The number of carbonyl (C=O) groups is 1. The van der Waals surface area contributed by atoms with Crippen LogP contribution in [0.15, 0.2) is 65.6 Å². The van der Waals surface area contributed by atoms with Crippen molar-refractivity contribution in [1.82, 2.24) is 0 Å². The van der Waals surface area contributed by atoms with E-state index in [0.717, 1.165) is 11.3 Å². The number of carbonyl (C=O) groups excluding carboxylic acids is 1. The predicted molar refractivity (Wildman–Crippen MR) is 136 cm³/mol. The van der Waals surface area contributed by atoms with Gasteiger partial charge >= 0.3 is 0 Å². The minimum atomic E-state index is -3.81. The summed E-state index contributed by atoms with van der Waals surface area (Å²) in [4.78, 5) is 12.4. The Morgan fingerprint density at radius 1 is 0.909 bits per heavy atom. The first-order valence-corrected chi connectivity index (χ1v) is 13.0. The molecule has 0 spiro atoms. The third-order valence-corrected chi connectivity index (χ3v) is 7.22. The molecule has 0 saturated heterocycles. The van der Waals surface area contributed by atoms with Gasteiger partial charge in [-0.1, -0.05) is 35.4 Å². The van der Waals surface area contributed by atoms with E-state index < -0.39 is 10.0 Å². The first-order valence-electron chi connectivity index (χ1n) is 10.4. The summed E-state index contributed by atoms with van der Waals surface area (Å²) >= 11 is 1.53. The van der Waals surface area contributed by atoms with Crippen molar-refractivity contribution in [2.75, 3.05) is 22.9 Å². The van der Waals surface area contributed by atoms with Crippen LogP contribution in [0.25, 0.3) is 0 Å². The average Bonchev–Trinajstić information content (AvgIpc) is 2.73. The second kappa shape index (κ2) is 10.8. The normalized spacial score (nSPS) is 11.2. The van der Waals surface area contributed by atoms with Crippen molar-refractivity contribution >= 4 is 39.1 Å². The van der Waals surface area contributed by atoms with Gasteiger partial charge in [0.15, 0.2) is 0 Å². The number of rotatable bonds is 9. The van der Waals surface area contributed by atoms with Crippen LogP contribution in [0.1, 0.15) is 22.3 Å². The van der Waals surface area contributed by atoms with Gasteiger partial charge in [-0.05, 0) is 68.3 Å². The van der Waals surface area contributed by atoms with E-state index in [4.69, 9.17) is 4.74 Å². The number of ether oxygens (including phenoxy) is 1. The molecule has 0 atom stereocenters. The second-order valence-corrected chi connectivity index (χ2v) is 10.5. The number of hydrogen-bond acceptors (Lipinski definition) is 5. The number of sulfonamides is 1. The molecule has 174 valence electrons. The largest absolute Gasteiger partial charge is 0.495 e. The second-order valence-electron chi connectivity index (χ2n) is 7.87. The molecule has 0 saturated carbocycles. The van der Waals surface area contributed by atoms with Crippen molar-refractivity contribution in [3.8, 4) is 5.75 Å². The van der Waals surface area contributed by atoms with Crippen molar-refractivity contribution in [2.24, 2.45) is 0 Å². The van der Waals surface area contributed by atoms with Gasteiger partial charge in [-0.25, -0.2) is 8.42 Å². The van der Waals surface area contributed by atoms with Crippen molar-refractivity contribution < 1.29 is 17.9 Å². The maximum absolute atomic E-state index is 12.8. The zero-order valence-electron chi connectivity index (χ0n) is 19.1. The molecule has 0 aromatic heterocycles. The summed E-state index contributed by atoms with van der Waals surface area (Å²) in [5, 5.41) is 2.81. The van der Waals surface area contributed by atoms with E-state index in [1.165, 1.54) is 47.7 Å². The fourth-order valence-corrected chi connectivity index (χ4v) is 5.26. The Morgan fingerprint density at radius 3 is 2.21 bits per heavy atom. The number of benzene rings is 3. The molecule has 33 heavy (non-hydrogen) atoms. The Labute approximate surface area is 199 Å². The fourth-order valence-electron chi connectivity index (χ4n) is 3.43. The minimum Gasteiger partial charge on any atom is -0.495 e. The molecule has 0 unspecified atom stereocenters. The molecule has 8 heteroatoms. The zero-order valence-corrected chi connectivity index (χ0v) is 20.8. The van der Waals surface area contributed by atoms with E-state index in [1.807, 2.05) is 13.0 Å². The van der Waals surface area contributed by atoms with Gasteiger partial charge < -0.3 is 10.1 Å². The highest BCUT2D eigenvalue weighted by atomic mass is 32.2. The quantitative estimate of drug-likeness (QED) is 0.431. The van der Waals surface area contributed by atoms with E-state index in [0.29, 0.717) is 22.9 Å². The van der Waals surface area contributed by atoms with Crippen LogP contribution in [0, 0.1) is 20.8 Å². The highest BCUT2D eigenvalue weighted by Gasteiger charge is 2.17. The molecule has 0 fully saturated rings. The SMILES string of the molecule is COc1ccc(C)cc1NS(=O)(=O)c1ccc(NC(=O)CSCc2cc(C)cc(C)c2)cc1. The first-order chi connectivity index (χ1) is 15.7. The maximum atomic E-state index is 12.8. The van der Waals surface area contributed by atoms with Crippen LogP contribution >= 0.6 is 11.8 Å². The lowest BCUT2D eigenvalue weighted by Crippen LogP contribution is -2.15. The molecule has 3 rings (SSSR count). The molecule has 6 nitrogen and oxygen atoms in total. The van der Waals surface area contributed by atoms with Crippen LogP contribution in [0.4, 0.5) is 11.4 Å². The Morgan fingerprint density at radius 2 is 1.58 bits per heavy atom. The van der Waals surface area contributed by atoms with E-state index >= 15 is 0 Å². The molecule has 3 aromatic rings. The lowest BCUT2D eigenvalue weighted by molar-refractivity contribution is -0.113. The van der Waals surface area contributed by atoms with Gasteiger partial charge in [0, 0.05) is 11.4 Å².